The summed E-state index contributed by atoms with van der Waals surface area (Å²) >= 11 is 0. The zero-order chi connectivity index (χ0) is 14.5. The van der Waals surface area contributed by atoms with Crippen molar-refractivity contribution in [2.45, 2.75) is 26.3 Å². The number of hydrogen-bond donors (Lipinski definition) is 1. The van der Waals surface area contributed by atoms with Crippen LogP contribution in [0.4, 0.5) is 0 Å². The summed E-state index contributed by atoms with van der Waals surface area (Å²) in [5.41, 5.74) is 2.48. The largest absolute Gasteiger partial charge is 0.338 e. The molecule has 112 valence electrons. The average Bonchev–Trinajstić information content (AvgIpc) is 2.75. The number of nitrogens with one attached hydrogen (secondary N) is 1. The van der Waals surface area contributed by atoms with Crippen molar-refractivity contribution in [2.75, 3.05) is 26.2 Å². The Morgan fingerprint density at radius 3 is 2.90 bits per heavy atom. The van der Waals surface area contributed by atoms with E-state index in [1.807, 2.05) is 0 Å². The summed E-state index contributed by atoms with van der Waals surface area (Å²) in [6.45, 7) is 7.09. The maximum Gasteiger partial charge on any atom is 0.240 e. The first-order chi connectivity index (χ1) is 10.3. The van der Waals surface area contributed by atoms with E-state index in [-0.39, 0.29) is 0 Å². The van der Waals surface area contributed by atoms with E-state index in [4.69, 9.17) is 4.52 Å². The van der Waals surface area contributed by atoms with Gasteiger partial charge in [0.1, 0.15) is 0 Å². The van der Waals surface area contributed by atoms with Crippen molar-refractivity contribution in [3.63, 3.8) is 0 Å². The van der Waals surface area contributed by atoms with Gasteiger partial charge in [-0.1, -0.05) is 35.0 Å². The molecular formula is C16H22N4O. The van der Waals surface area contributed by atoms with Crippen LogP contribution in [0.1, 0.15) is 29.3 Å². The fourth-order valence-electron chi connectivity index (χ4n) is 2.57. The molecule has 0 bridgehead atoms. The molecule has 1 saturated heterocycles. The lowest BCUT2D eigenvalue weighted by Gasteiger charge is -2.16. The van der Waals surface area contributed by atoms with Crippen LogP contribution < -0.4 is 5.32 Å². The third-order valence-corrected chi connectivity index (χ3v) is 3.78. The number of rotatable bonds is 4. The molecule has 2 heterocycles. The molecule has 1 aliphatic heterocycles. The summed E-state index contributed by atoms with van der Waals surface area (Å²) < 4.78 is 5.38. The van der Waals surface area contributed by atoms with Gasteiger partial charge in [0.25, 0.3) is 0 Å². The van der Waals surface area contributed by atoms with E-state index in [9.17, 15) is 0 Å². The van der Waals surface area contributed by atoms with Crippen molar-refractivity contribution >= 4 is 0 Å². The second kappa shape index (κ2) is 6.83. The topological polar surface area (TPSA) is 54.2 Å². The normalized spacial score (nSPS) is 16.8. The number of aryl methyl sites for hydroxylation is 1. The Hall–Kier alpha value is -1.72. The highest BCUT2D eigenvalue weighted by Crippen LogP contribution is 2.10. The highest BCUT2D eigenvalue weighted by Gasteiger charge is 2.13. The zero-order valence-electron chi connectivity index (χ0n) is 12.5. The molecule has 5 heteroatoms. The lowest BCUT2D eigenvalue weighted by molar-refractivity contribution is 0.238. The summed E-state index contributed by atoms with van der Waals surface area (Å²) in [6, 6.07) is 8.46. The number of aromatic nitrogens is 2. The number of benzene rings is 1. The Morgan fingerprint density at radius 1 is 1.19 bits per heavy atom. The van der Waals surface area contributed by atoms with E-state index in [0.717, 1.165) is 50.9 Å². The number of nitrogens with zero attached hydrogens (tertiary/aromatic N) is 3. The maximum atomic E-state index is 5.38. The summed E-state index contributed by atoms with van der Waals surface area (Å²) in [5, 5.41) is 7.49. The highest BCUT2D eigenvalue weighted by molar-refractivity contribution is 5.23. The minimum absolute atomic E-state index is 0.721. The van der Waals surface area contributed by atoms with Crippen LogP contribution in [0.25, 0.3) is 0 Å². The average molecular weight is 286 g/mol. The molecule has 0 unspecified atom stereocenters. The molecule has 0 spiro atoms. The van der Waals surface area contributed by atoms with Gasteiger partial charge >= 0.3 is 0 Å². The second-order valence-corrected chi connectivity index (χ2v) is 5.65. The molecule has 0 radical (unpaired) electrons. The van der Waals surface area contributed by atoms with E-state index < -0.39 is 0 Å². The van der Waals surface area contributed by atoms with Gasteiger partial charge in [-0.2, -0.15) is 4.98 Å². The van der Waals surface area contributed by atoms with Gasteiger partial charge in [0.05, 0.1) is 6.54 Å². The van der Waals surface area contributed by atoms with Gasteiger partial charge < -0.3 is 9.84 Å². The zero-order valence-corrected chi connectivity index (χ0v) is 12.5. The molecule has 0 amide bonds. The van der Waals surface area contributed by atoms with Gasteiger partial charge in [-0.3, -0.25) is 4.90 Å². The molecule has 5 nitrogen and oxygen atoms in total. The minimum Gasteiger partial charge on any atom is -0.338 e. The summed E-state index contributed by atoms with van der Waals surface area (Å²) in [4.78, 5) is 6.88. The first kappa shape index (κ1) is 14.2. The molecular weight excluding hydrogens is 264 g/mol. The molecule has 2 aromatic rings. The van der Waals surface area contributed by atoms with Gasteiger partial charge in [-0.25, -0.2) is 0 Å². The summed E-state index contributed by atoms with van der Waals surface area (Å²) in [6.07, 6.45) is 1.90. The SMILES string of the molecule is Cc1ccc(Cc2noc(CN3CCCNCC3)n2)cc1. The van der Waals surface area contributed by atoms with Crippen LogP contribution in [-0.4, -0.2) is 41.2 Å². The first-order valence-corrected chi connectivity index (χ1v) is 7.60. The predicted molar refractivity (Wildman–Crippen MR) is 81.0 cm³/mol. The molecule has 3 rings (SSSR count). The van der Waals surface area contributed by atoms with E-state index in [0.29, 0.717) is 0 Å². The Labute approximate surface area is 125 Å². The van der Waals surface area contributed by atoms with E-state index in [2.05, 4.69) is 51.5 Å². The van der Waals surface area contributed by atoms with Crippen LogP contribution in [0.5, 0.6) is 0 Å². The molecule has 1 aromatic carbocycles. The predicted octanol–water partition coefficient (Wildman–Crippen LogP) is 1.76. The highest BCUT2D eigenvalue weighted by atomic mass is 16.5. The van der Waals surface area contributed by atoms with Gasteiger partial charge in [0, 0.05) is 19.5 Å². The third kappa shape index (κ3) is 4.12. The minimum atomic E-state index is 0.721. The van der Waals surface area contributed by atoms with Crippen LogP contribution in [0, 0.1) is 6.92 Å². The Balaban J connectivity index is 1.59. The molecule has 0 aliphatic carbocycles. The molecule has 1 N–H and O–H groups in total. The third-order valence-electron chi connectivity index (χ3n) is 3.78. The van der Waals surface area contributed by atoms with Gasteiger partial charge in [0.15, 0.2) is 5.82 Å². The van der Waals surface area contributed by atoms with Crippen molar-refractivity contribution < 1.29 is 4.52 Å². The van der Waals surface area contributed by atoms with Crippen LogP contribution in [0.15, 0.2) is 28.8 Å². The fourth-order valence-corrected chi connectivity index (χ4v) is 2.57. The summed E-state index contributed by atoms with van der Waals surface area (Å²) in [7, 11) is 0. The summed E-state index contributed by atoms with van der Waals surface area (Å²) in [5.74, 6) is 1.49. The Kier molecular flexibility index (Phi) is 4.62. The molecule has 0 saturated carbocycles. The van der Waals surface area contributed by atoms with Crippen molar-refractivity contribution in [3.05, 3.63) is 47.1 Å². The Morgan fingerprint density at radius 2 is 2.05 bits per heavy atom. The smallest absolute Gasteiger partial charge is 0.240 e. The maximum absolute atomic E-state index is 5.38. The van der Waals surface area contributed by atoms with Crippen LogP contribution in [0.3, 0.4) is 0 Å². The van der Waals surface area contributed by atoms with Crippen molar-refractivity contribution in [1.82, 2.24) is 20.4 Å². The molecule has 1 aromatic heterocycles. The van der Waals surface area contributed by atoms with Crippen molar-refractivity contribution in [3.8, 4) is 0 Å². The lowest BCUT2D eigenvalue weighted by Crippen LogP contribution is -2.27. The van der Waals surface area contributed by atoms with E-state index in [1.165, 1.54) is 17.5 Å². The second-order valence-electron chi connectivity index (χ2n) is 5.65. The first-order valence-electron chi connectivity index (χ1n) is 7.60. The standard InChI is InChI=1S/C16H22N4O/c1-13-3-5-14(6-4-13)11-15-18-16(21-19-15)12-20-9-2-7-17-8-10-20/h3-6,17H,2,7-12H2,1H3. The molecule has 0 atom stereocenters. The molecule has 1 fully saturated rings. The van der Waals surface area contributed by atoms with Gasteiger partial charge in [-0.05, 0) is 32.0 Å². The van der Waals surface area contributed by atoms with Crippen LogP contribution in [-0.2, 0) is 13.0 Å². The Bertz CT molecular complexity index is 556. The van der Waals surface area contributed by atoms with Crippen LogP contribution >= 0.6 is 0 Å². The van der Waals surface area contributed by atoms with Gasteiger partial charge in [0.2, 0.25) is 5.89 Å². The molecule has 1 aliphatic rings. The quantitative estimate of drug-likeness (QED) is 0.928. The fraction of sp³-hybridized carbons (Fsp3) is 0.500. The van der Waals surface area contributed by atoms with Crippen LogP contribution in [0.2, 0.25) is 0 Å². The van der Waals surface area contributed by atoms with Gasteiger partial charge in [-0.15, -0.1) is 0 Å². The van der Waals surface area contributed by atoms with Crippen molar-refractivity contribution in [2.24, 2.45) is 0 Å². The molecule has 21 heavy (non-hydrogen) atoms. The van der Waals surface area contributed by atoms with Crippen molar-refractivity contribution in [1.29, 1.82) is 0 Å². The monoisotopic (exact) mass is 286 g/mol. The number of hydrogen-bond acceptors (Lipinski definition) is 5. The van der Waals surface area contributed by atoms with E-state index >= 15 is 0 Å². The lowest BCUT2D eigenvalue weighted by atomic mass is 10.1. The van der Waals surface area contributed by atoms with E-state index in [1.54, 1.807) is 0 Å².